The van der Waals surface area contributed by atoms with Gasteiger partial charge in [0.25, 0.3) is 0 Å². The van der Waals surface area contributed by atoms with Crippen molar-refractivity contribution in [2.45, 2.75) is 39.7 Å². The standard InChI is InChI=1S/C21H29N5O3/c1-17-21(26(28)29)18(2)25(22-17)16-20(27)24-13-7-12-23(14-15-24)11-6-10-19-8-4-3-5-9-19/h3-5,8-9H,6-7,10-16H2,1-2H3. The number of aryl methyl sites for hydroxylation is 2. The third-order valence-corrected chi connectivity index (χ3v) is 5.53. The van der Waals surface area contributed by atoms with E-state index in [1.165, 1.54) is 10.2 Å². The number of nitro groups is 1. The topological polar surface area (TPSA) is 84.5 Å². The minimum atomic E-state index is -0.433. The van der Waals surface area contributed by atoms with Crippen molar-refractivity contribution in [3.05, 3.63) is 57.4 Å². The number of aromatic nitrogens is 2. The highest BCUT2D eigenvalue weighted by molar-refractivity contribution is 5.76. The SMILES string of the molecule is Cc1nn(CC(=O)N2CCCN(CCCc3ccccc3)CC2)c(C)c1[N+](=O)[O-]. The molecule has 1 saturated heterocycles. The number of amides is 1. The number of benzene rings is 1. The molecule has 8 heteroatoms. The molecule has 0 bridgehead atoms. The van der Waals surface area contributed by atoms with E-state index in [1.54, 1.807) is 13.8 Å². The Hall–Kier alpha value is -2.74. The second-order valence-corrected chi connectivity index (χ2v) is 7.60. The normalized spacial score (nSPS) is 15.3. The summed E-state index contributed by atoms with van der Waals surface area (Å²) in [7, 11) is 0. The number of carbonyl (C=O) groups excluding carboxylic acids is 1. The van der Waals surface area contributed by atoms with Gasteiger partial charge in [-0.25, -0.2) is 0 Å². The van der Waals surface area contributed by atoms with E-state index in [0.717, 1.165) is 45.4 Å². The Labute approximate surface area is 171 Å². The first-order valence-electron chi connectivity index (χ1n) is 10.2. The summed E-state index contributed by atoms with van der Waals surface area (Å²) in [6, 6.07) is 10.5. The number of hydrogen-bond acceptors (Lipinski definition) is 5. The molecule has 3 rings (SSSR count). The van der Waals surface area contributed by atoms with Crippen LogP contribution >= 0.6 is 0 Å². The van der Waals surface area contributed by atoms with E-state index >= 15 is 0 Å². The predicted molar refractivity (Wildman–Crippen MR) is 111 cm³/mol. The van der Waals surface area contributed by atoms with Crippen molar-refractivity contribution < 1.29 is 9.72 Å². The summed E-state index contributed by atoms with van der Waals surface area (Å²) in [6.45, 7) is 7.57. The monoisotopic (exact) mass is 399 g/mol. The fourth-order valence-corrected chi connectivity index (χ4v) is 3.93. The fourth-order valence-electron chi connectivity index (χ4n) is 3.93. The molecule has 0 unspecified atom stereocenters. The van der Waals surface area contributed by atoms with Gasteiger partial charge in [0.1, 0.15) is 17.9 Å². The van der Waals surface area contributed by atoms with E-state index in [1.807, 2.05) is 11.0 Å². The Morgan fingerprint density at radius 1 is 1.14 bits per heavy atom. The smallest absolute Gasteiger partial charge is 0.312 e. The molecule has 0 saturated carbocycles. The molecule has 1 fully saturated rings. The molecule has 0 aliphatic carbocycles. The van der Waals surface area contributed by atoms with E-state index in [2.05, 4.69) is 34.3 Å². The van der Waals surface area contributed by atoms with Crippen molar-refractivity contribution in [3.8, 4) is 0 Å². The van der Waals surface area contributed by atoms with E-state index in [0.29, 0.717) is 17.9 Å². The number of carbonyl (C=O) groups is 1. The molecule has 2 aromatic rings. The molecule has 1 aliphatic heterocycles. The van der Waals surface area contributed by atoms with E-state index in [9.17, 15) is 14.9 Å². The van der Waals surface area contributed by atoms with Crippen LogP contribution in [-0.4, -0.2) is 63.1 Å². The van der Waals surface area contributed by atoms with Crippen LogP contribution in [0.5, 0.6) is 0 Å². The zero-order valence-electron chi connectivity index (χ0n) is 17.2. The van der Waals surface area contributed by atoms with Gasteiger partial charge in [-0.05, 0) is 51.8 Å². The maximum absolute atomic E-state index is 12.7. The van der Waals surface area contributed by atoms with Gasteiger partial charge < -0.3 is 9.80 Å². The molecule has 1 aromatic carbocycles. The molecule has 2 heterocycles. The van der Waals surface area contributed by atoms with Crippen LogP contribution in [0.4, 0.5) is 5.69 Å². The summed E-state index contributed by atoms with van der Waals surface area (Å²) < 4.78 is 1.46. The molecule has 0 atom stereocenters. The number of hydrogen-bond donors (Lipinski definition) is 0. The van der Waals surface area contributed by atoms with Crippen LogP contribution < -0.4 is 0 Å². The molecule has 0 N–H and O–H groups in total. The average molecular weight is 399 g/mol. The minimum absolute atomic E-state index is 0.00161. The van der Waals surface area contributed by atoms with Crippen LogP contribution in [-0.2, 0) is 17.8 Å². The zero-order valence-corrected chi connectivity index (χ0v) is 17.2. The van der Waals surface area contributed by atoms with Gasteiger partial charge >= 0.3 is 5.69 Å². The Balaban J connectivity index is 1.49. The Morgan fingerprint density at radius 2 is 1.90 bits per heavy atom. The summed E-state index contributed by atoms with van der Waals surface area (Å²) in [5, 5.41) is 15.3. The van der Waals surface area contributed by atoms with Crippen molar-refractivity contribution in [3.63, 3.8) is 0 Å². The van der Waals surface area contributed by atoms with Crippen LogP contribution in [0, 0.1) is 24.0 Å². The molecule has 156 valence electrons. The lowest BCUT2D eigenvalue weighted by atomic mass is 10.1. The summed E-state index contributed by atoms with van der Waals surface area (Å²) in [4.78, 5) is 27.7. The molecule has 1 amide bonds. The summed E-state index contributed by atoms with van der Waals surface area (Å²) in [5.41, 5.74) is 2.13. The van der Waals surface area contributed by atoms with Gasteiger partial charge in [-0.1, -0.05) is 30.3 Å². The van der Waals surface area contributed by atoms with Gasteiger partial charge in [-0.15, -0.1) is 0 Å². The lowest BCUT2D eigenvalue weighted by Gasteiger charge is -2.22. The molecular weight excluding hydrogens is 370 g/mol. The van der Waals surface area contributed by atoms with Gasteiger partial charge in [-0.2, -0.15) is 5.10 Å². The van der Waals surface area contributed by atoms with Crippen molar-refractivity contribution in [1.29, 1.82) is 0 Å². The Bertz CT molecular complexity index is 850. The Kier molecular flexibility index (Phi) is 6.98. The number of rotatable bonds is 7. The first-order valence-corrected chi connectivity index (χ1v) is 10.2. The van der Waals surface area contributed by atoms with Gasteiger partial charge in [0, 0.05) is 19.6 Å². The third kappa shape index (κ3) is 5.41. The molecule has 0 radical (unpaired) electrons. The molecular formula is C21H29N5O3. The van der Waals surface area contributed by atoms with Crippen molar-refractivity contribution in [2.75, 3.05) is 32.7 Å². The molecule has 1 aromatic heterocycles. The summed E-state index contributed by atoms with van der Waals surface area (Å²) >= 11 is 0. The highest BCUT2D eigenvalue weighted by Crippen LogP contribution is 2.21. The van der Waals surface area contributed by atoms with Gasteiger partial charge in [0.2, 0.25) is 5.91 Å². The maximum Gasteiger partial charge on any atom is 0.312 e. The van der Waals surface area contributed by atoms with Crippen molar-refractivity contribution >= 4 is 11.6 Å². The van der Waals surface area contributed by atoms with Crippen LogP contribution in [0.25, 0.3) is 0 Å². The molecule has 29 heavy (non-hydrogen) atoms. The van der Waals surface area contributed by atoms with Gasteiger partial charge in [0.15, 0.2) is 0 Å². The van der Waals surface area contributed by atoms with E-state index in [-0.39, 0.29) is 18.1 Å². The van der Waals surface area contributed by atoms with Crippen LogP contribution in [0.2, 0.25) is 0 Å². The first kappa shape index (κ1) is 21.0. The minimum Gasteiger partial charge on any atom is -0.340 e. The lowest BCUT2D eigenvalue weighted by Crippen LogP contribution is -2.37. The summed E-state index contributed by atoms with van der Waals surface area (Å²) in [5.74, 6) is -0.0309. The fraction of sp³-hybridized carbons (Fsp3) is 0.524. The molecule has 0 spiro atoms. The highest BCUT2D eigenvalue weighted by atomic mass is 16.6. The second kappa shape index (κ2) is 9.65. The summed E-state index contributed by atoms with van der Waals surface area (Å²) in [6.07, 6.45) is 3.11. The number of nitrogens with zero attached hydrogens (tertiary/aromatic N) is 5. The van der Waals surface area contributed by atoms with Crippen molar-refractivity contribution in [2.24, 2.45) is 0 Å². The van der Waals surface area contributed by atoms with Crippen LogP contribution in [0.3, 0.4) is 0 Å². The quantitative estimate of drug-likeness (QED) is 0.528. The highest BCUT2D eigenvalue weighted by Gasteiger charge is 2.25. The average Bonchev–Trinajstić information content (AvgIpc) is 2.85. The maximum atomic E-state index is 12.7. The lowest BCUT2D eigenvalue weighted by molar-refractivity contribution is -0.386. The van der Waals surface area contributed by atoms with E-state index in [4.69, 9.17) is 0 Å². The Morgan fingerprint density at radius 3 is 2.59 bits per heavy atom. The van der Waals surface area contributed by atoms with Crippen LogP contribution in [0.15, 0.2) is 30.3 Å². The second-order valence-electron chi connectivity index (χ2n) is 7.60. The third-order valence-electron chi connectivity index (χ3n) is 5.53. The van der Waals surface area contributed by atoms with Crippen LogP contribution in [0.1, 0.15) is 29.8 Å². The zero-order chi connectivity index (χ0) is 20.8. The molecule has 8 nitrogen and oxygen atoms in total. The largest absolute Gasteiger partial charge is 0.340 e. The molecule has 1 aliphatic rings. The van der Waals surface area contributed by atoms with Crippen molar-refractivity contribution in [1.82, 2.24) is 19.6 Å². The predicted octanol–water partition coefficient (Wildman–Crippen LogP) is 2.58. The van der Waals surface area contributed by atoms with E-state index < -0.39 is 4.92 Å². The first-order chi connectivity index (χ1) is 14.0. The van der Waals surface area contributed by atoms with Gasteiger partial charge in [0.05, 0.1) is 4.92 Å². The van der Waals surface area contributed by atoms with Gasteiger partial charge in [-0.3, -0.25) is 19.6 Å².